The lowest BCUT2D eigenvalue weighted by Gasteiger charge is -2.25. The lowest BCUT2D eigenvalue weighted by atomic mass is 10.0. The van der Waals surface area contributed by atoms with Crippen LogP contribution in [0.4, 0.5) is 0 Å². The Morgan fingerprint density at radius 3 is 3.05 bits per heavy atom. The van der Waals surface area contributed by atoms with E-state index in [1.54, 1.807) is 12.1 Å². The third-order valence-corrected chi connectivity index (χ3v) is 3.68. The second kappa shape index (κ2) is 6.92. The van der Waals surface area contributed by atoms with Gasteiger partial charge < -0.3 is 14.6 Å². The van der Waals surface area contributed by atoms with Crippen molar-refractivity contribution in [3.05, 3.63) is 29.3 Å². The molecular formula is C14H18ClNO4. The summed E-state index contributed by atoms with van der Waals surface area (Å²) in [6.07, 6.45) is 0. The van der Waals surface area contributed by atoms with Crippen LogP contribution in [0.5, 0.6) is 5.75 Å². The quantitative estimate of drug-likeness (QED) is 0.867. The van der Waals surface area contributed by atoms with E-state index in [0.29, 0.717) is 30.5 Å². The van der Waals surface area contributed by atoms with Crippen molar-refractivity contribution in [2.75, 3.05) is 33.4 Å². The minimum absolute atomic E-state index is 0.101. The van der Waals surface area contributed by atoms with Crippen molar-refractivity contribution >= 4 is 17.6 Å². The average molecular weight is 300 g/mol. The Kier molecular flexibility index (Phi) is 5.23. The molecule has 0 saturated carbocycles. The Labute approximate surface area is 123 Å². The van der Waals surface area contributed by atoms with Gasteiger partial charge in [-0.3, -0.25) is 9.69 Å². The number of benzene rings is 1. The summed E-state index contributed by atoms with van der Waals surface area (Å²) in [7, 11) is 1.89. The predicted molar refractivity (Wildman–Crippen MR) is 75.3 cm³/mol. The van der Waals surface area contributed by atoms with Gasteiger partial charge in [-0.1, -0.05) is 17.7 Å². The van der Waals surface area contributed by atoms with Crippen LogP contribution >= 0.6 is 11.6 Å². The highest BCUT2D eigenvalue weighted by atomic mass is 35.5. The van der Waals surface area contributed by atoms with Crippen molar-refractivity contribution in [3.8, 4) is 5.75 Å². The highest BCUT2D eigenvalue weighted by Gasteiger charge is 2.36. The predicted octanol–water partition coefficient (Wildman–Crippen LogP) is 1.75. The number of carbonyl (C=O) groups is 1. The maximum atomic E-state index is 11.1. The van der Waals surface area contributed by atoms with Gasteiger partial charge in [-0.2, -0.15) is 0 Å². The molecule has 1 aromatic carbocycles. The van der Waals surface area contributed by atoms with Crippen LogP contribution in [-0.2, 0) is 9.53 Å². The summed E-state index contributed by atoms with van der Waals surface area (Å²) in [4.78, 5) is 13.1. The van der Waals surface area contributed by atoms with Crippen molar-refractivity contribution in [2.45, 2.75) is 6.04 Å². The molecule has 0 aromatic heterocycles. The van der Waals surface area contributed by atoms with Crippen LogP contribution in [0.1, 0.15) is 0 Å². The number of hydrogen-bond donors (Lipinski definition) is 1. The number of hydrogen-bond acceptors (Lipinski definition) is 4. The van der Waals surface area contributed by atoms with E-state index >= 15 is 0 Å². The van der Waals surface area contributed by atoms with Gasteiger partial charge in [0.2, 0.25) is 0 Å². The zero-order valence-corrected chi connectivity index (χ0v) is 12.0. The van der Waals surface area contributed by atoms with Gasteiger partial charge in [0.15, 0.2) is 0 Å². The van der Waals surface area contributed by atoms with Crippen LogP contribution in [0.25, 0.3) is 0 Å². The van der Waals surface area contributed by atoms with Gasteiger partial charge in [-0.25, -0.2) is 0 Å². The molecule has 5 nitrogen and oxygen atoms in total. The van der Waals surface area contributed by atoms with Crippen molar-refractivity contribution in [1.29, 1.82) is 0 Å². The van der Waals surface area contributed by atoms with E-state index in [2.05, 4.69) is 0 Å². The molecule has 1 aliphatic rings. The second-order valence-corrected chi connectivity index (χ2v) is 5.27. The third kappa shape index (κ3) is 3.85. The number of ether oxygens (including phenoxy) is 2. The van der Waals surface area contributed by atoms with Crippen LogP contribution < -0.4 is 4.74 Å². The largest absolute Gasteiger partial charge is 0.492 e. The Hall–Kier alpha value is -1.30. The molecule has 0 amide bonds. The summed E-state index contributed by atoms with van der Waals surface area (Å²) < 4.78 is 10.9. The fourth-order valence-electron chi connectivity index (χ4n) is 2.24. The second-order valence-electron chi connectivity index (χ2n) is 4.84. The molecule has 1 saturated heterocycles. The zero-order valence-electron chi connectivity index (χ0n) is 11.3. The Morgan fingerprint density at radius 2 is 2.35 bits per heavy atom. The first-order valence-corrected chi connectivity index (χ1v) is 6.85. The molecular weight excluding hydrogens is 282 g/mol. The first-order chi connectivity index (χ1) is 9.58. The Morgan fingerprint density at radius 1 is 1.55 bits per heavy atom. The van der Waals surface area contributed by atoms with Crippen molar-refractivity contribution in [2.24, 2.45) is 5.92 Å². The fraction of sp³-hybridized carbons (Fsp3) is 0.500. The van der Waals surface area contributed by atoms with Crippen molar-refractivity contribution < 1.29 is 19.4 Å². The molecule has 1 aromatic rings. The SMILES string of the molecule is CN(CCOc1cccc(Cl)c1)C1COCC1C(=O)O. The normalized spacial score (nSPS) is 22.1. The molecule has 0 spiro atoms. The van der Waals surface area contributed by atoms with Crippen LogP contribution in [-0.4, -0.2) is 55.4 Å². The summed E-state index contributed by atoms with van der Waals surface area (Å²) in [5.41, 5.74) is 0. The lowest BCUT2D eigenvalue weighted by molar-refractivity contribution is -0.143. The highest BCUT2D eigenvalue weighted by Crippen LogP contribution is 2.20. The molecule has 2 atom stereocenters. The molecule has 2 unspecified atom stereocenters. The molecule has 1 fully saturated rings. The van der Waals surface area contributed by atoms with Gasteiger partial charge in [0.1, 0.15) is 12.4 Å². The monoisotopic (exact) mass is 299 g/mol. The number of carboxylic acid groups (broad SMARTS) is 1. The smallest absolute Gasteiger partial charge is 0.310 e. The van der Waals surface area contributed by atoms with Crippen LogP contribution in [0.3, 0.4) is 0 Å². The van der Waals surface area contributed by atoms with E-state index in [4.69, 9.17) is 26.2 Å². The summed E-state index contributed by atoms with van der Waals surface area (Å²) in [5, 5.41) is 9.74. The minimum Gasteiger partial charge on any atom is -0.492 e. The first kappa shape index (κ1) is 15.1. The lowest BCUT2D eigenvalue weighted by Crippen LogP contribution is -2.42. The molecule has 0 bridgehead atoms. The van der Waals surface area contributed by atoms with Gasteiger partial charge in [0, 0.05) is 17.6 Å². The molecule has 20 heavy (non-hydrogen) atoms. The molecule has 6 heteroatoms. The van der Waals surface area contributed by atoms with Gasteiger partial charge in [0.25, 0.3) is 0 Å². The molecule has 0 aliphatic carbocycles. The number of nitrogens with zero attached hydrogens (tertiary/aromatic N) is 1. The van der Waals surface area contributed by atoms with E-state index in [-0.39, 0.29) is 12.6 Å². The number of carboxylic acids is 1. The summed E-state index contributed by atoms with van der Waals surface area (Å²) in [6, 6.07) is 7.10. The number of halogens is 1. The van der Waals surface area contributed by atoms with E-state index in [1.807, 2.05) is 24.1 Å². The van der Waals surface area contributed by atoms with Crippen molar-refractivity contribution in [1.82, 2.24) is 4.90 Å². The average Bonchev–Trinajstić information content (AvgIpc) is 2.88. The highest BCUT2D eigenvalue weighted by molar-refractivity contribution is 6.30. The molecule has 1 N–H and O–H groups in total. The molecule has 2 rings (SSSR count). The molecule has 1 heterocycles. The minimum atomic E-state index is -0.810. The van der Waals surface area contributed by atoms with E-state index in [9.17, 15) is 4.79 Å². The summed E-state index contributed by atoms with van der Waals surface area (Å²) >= 11 is 5.87. The van der Waals surface area contributed by atoms with Gasteiger partial charge in [-0.05, 0) is 25.2 Å². The maximum Gasteiger partial charge on any atom is 0.310 e. The fourth-order valence-corrected chi connectivity index (χ4v) is 2.42. The van der Waals surface area contributed by atoms with Gasteiger partial charge >= 0.3 is 5.97 Å². The topological polar surface area (TPSA) is 59.0 Å². The van der Waals surface area contributed by atoms with Gasteiger partial charge in [0.05, 0.1) is 19.1 Å². The Bertz CT molecular complexity index is 468. The Balaban J connectivity index is 1.80. The van der Waals surface area contributed by atoms with Crippen LogP contribution in [0, 0.1) is 5.92 Å². The molecule has 0 radical (unpaired) electrons. The maximum absolute atomic E-state index is 11.1. The van der Waals surface area contributed by atoms with E-state index in [1.165, 1.54) is 0 Å². The summed E-state index contributed by atoms with van der Waals surface area (Å²) in [5.74, 6) is -0.565. The molecule has 1 aliphatic heterocycles. The van der Waals surface area contributed by atoms with Crippen LogP contribution in [0.2, 0.25) is 5.02 Å². The van der Waals surface area contributed by atoms with Crippen molar-refractivity contribution in [3.63, 3.8) is 0 Å². The number of rotatable bonds is 6. The van der Waals surface area contributed by atoms with E-state index in [0.717, 1.165) is 0 Å². The summed E-state index contributed by atoms with van der Waals surface area (Å²) in [6.45, 7) is 1.83. The number of aliphatic carboxylic acids is 1. The first-order valence-electron chi connectivity index (χ1n) is 6.47. The third-order valence-electron chi connectivity index (χ3n) is 3.44. The number of likely N-dealkylation sites (N-methyl/N-ethyl adjacent to an activating group) is 1. The standard InChI is InChI=1S/C14H18ClNO4/c1-16(13-9-19-8-12(13)14(17)18)5-6-20-11-4-2-3-10(15)7-11/h2-4,7,12-13H,5-6,8-9H2,1H3,(H,17,18). The zero-order chi connectivity index (χ0) is 14.5. The molecule has 110 valence electrons. The van der Waals surface area contributed by atoms with E-state index < -0.39 is 11.9 Å². The van der Waals surface area contributed by atoms with Gasteiger partial charge in [-0.15, -0.1) is 0 Å². The van der Waals surface area contributed by atoms with Crippen LogP contribution in [0.15, 0.2) is 24.3 Å².